The molecule has 1 aliphatic carbocycles. The number of nitrogens with zero attached hydrogens (tertiary/aromatic N) is 2. The molecular formula is C20H17ClF3N3O3. The van der Waals surface area contributed by atoms with E-state index in [0.717, 1.165) is 18.4 Å². The molecule has 0 aliphatic heterocycles. The summed E-state index contributed by atoms with van der Waals surface area (Å²) in [6.45, 7) is 0.620. The maximum Gasteiger partial charge on any atom is 0.490 e. The van der Waals surface area contributed by atoms with Gasteiger partial charge in [-0.05, 0) is 36.1 Å². The van der Waals surface area contributed by atoms with E-state index in [1.165, 1.54) is 11.1 Å². The maximum absolute atomic E-state index is 12.5. The van der Waals surface area contributed by atoms with E-state index < -0.39 is 12.1 Å². The average molecular weight is 440 g/mol. The number of aromatic nitrogens is 2. The zero-order valence-corrected chi connectivity index (χ0v) is 16.2. The van der Waals surface area contributed by atoms with Crippen molar-refractivity contribution in [3.63, 3.8) is 0 Å². The van der Waals surface area contributed by atoms with Crippen LogP contribution in [0, 0.1) is 0 Å². The predicted octanol–water partition coefficient (Wildman–Crippen LogP) is 4.08. The van der Waals surface area contributed by atoms with Crippen molar-refractivity contribution in [3.05, 3.63) is 70.8 Å². The van der Waals surface area contributed by atoms with E-state index in [1.807, 2.05) is 18.2 Å². The standard InChI is InChI=1S/C18H16ClN3O.C2HF3O2/c19-16-15-7-3-4-10-22(15)17(21-16)18(23)20-11-13-9-8-12-5-1-2-6-14(12)13;3-2(4,5)1(6)7/h1-7,10,13H,8-9,11H2,(H,20,23);(H,6,7). The van der Waals surface area contributed by atoms with E-state index in [1.54, 1.807) is 10.6 Å². The van der Waals surface area contributed by atoms with Crippen molar-refractivity contribution in [1.29, 1.82) is 0 Å². The number of carboxylic acids is 1. The van der Waals surface area contributed by atoms with Gasteiger partial charge in [0, 0.05) is 18.7 Å². The van der Waals surface area contributed by atoms with Crippen molar-refractivity contribution in [3.8, 4) is 0 Å². The van der Waals surface area contributed by atoms with Crippen LogP contribution < -0.4 is 5.32 Å². The molecular weight excluding hydrogens is 423 g/mol. The van der Waals surface area contributed by atoms with Crippen LogP contribution in [0.4, 0.5) is 13.2 Å². The van der Waals surface area contributed by atoms with Gasteiger partial charge < -0.3 is 10.4 Å². The molecule has 0 spiro atoms. The van der Waals surface area contributed by atoms with Crippen LogP contribution in [-0.4, -0.2) is 39.1 Å². The minimum atomic E-state index is -5.08. The number of amides is 1. The number of nitrogens with one attached hydrogen (secondary N) is 1. The van der Waals surface area contributed by atoms with E-state index in [4.69, 9.17) is 21.5 Å². The Hall–Kier alpha value is -3.07. The fourth-order valence-corrected chi connectivity index (χ4v) is 3.55. The number of hydrogen-bond acceptors (Lipinski definition) is 3. The van der Waals surface area contributed by atoms with Gasteiger partial charge in [0.2, 0.25) is 5.82 Å². The van der Waals surface area contributed by atoms with Crippen LogP contribution in [0.5, 0.6) is 0 Å². The molecule has 2 heterocycles. The quantitative estimate of drug-likeness (QED) is 0.644. The van der Waals surface area contributed by atoms with Gasteiger partial charge in [0.1, 0.15) is 0 Å². The first kappa shape index (κ1) is 21.6. The Kier molecular flexibility index (Phi) is 6.31. The SMILES string of the molecule is O=C(NCC1CCc2ccccc21)c1nc(Cl)c2ccccn12.O=C(O)C(F)(F)F. The highest BCUT2D eigenvalue weighted by Crippen LogP contribution is 2.32. The van der Waals surface area contributed by atoms with Gasteiger partial charge in [-0.25, -0.2) is 9.78 Å². The molecule has 4 rings (SSSR count). The van der Waals surface area contributed by atoms with Crippen LogP contribution in [0.3, 0.4) is 0 Å². The lowest BCUT2D eigenvalue weighted by Gasteiger charge is -2.12. The summed E-state index contributed by atoms with van der Waals surface area (Å²) in [6, 6.07) is 14.0. The molecule has 0 fully saturated rings. The van der Waals surface area contributed by atoms with Crippen LogP contribution in [0.25, 0.3) is 5.52 Å². The number of carboxylic acid groups (broad SMARTS) is 1. The second-order valence-corrected chi connectivity index (χ2v) is 6.99. The monoisotopic (exact) mass is 439 g/mol. The summed E-state index contributed by atoms with van der Waals surface area (Å²) >= 11 is 6.10. The highest BCUT2D eigenvalue weighted by Gasteiger charge is 2.38. The molecule has 6 nitrogen and oxygen atoms in total. The molecule has 1 atom stereocenters. The molecule has 1 aliphatic rings. The highest BCUT2D eigenvalue weighted by molar-refractivity contribution is 6.33. The zero-order chi connectivity index (χ0) is 21.9. The largest absolute Gasteiger partial charge is 0.490 e. The first-order valence-corrected chi connectivity index (χ1v) is 9.35. The Labute approximate surface area is 174 Å². The number of carbonyl (C=O) groups excluding carboxylic acids is 1. The number of imidazole rings is 1. The van der Waals surface area contributed by atoms with Crippen molar-refractivity contribution < 1.29 is 27.9 Å². The zero-order valence-electron chi connectivity index (χ0n) is 15.5. The summed E-state index contributed by atoms with van der Waals surface area (Å²) in [5.74, 6) is -2.25. The Morgan fingerprint density at radius 1 is 1.20 bits per heavy atom. The third-order valence-electron chi connectivity index (χ3n) is 4.72. The third kappa shape index (κ3) is 4.73. The fourth-order valence-electron chi connectivity index (χ4n) is 3.31. The number of pyridine rings is 1. The third-order valence-corrected chi connectivity index (χ3v) is 4.99. The Bertz CT molecular complexity index is 1080. The Morgan fingerprint density at radius 3 is 2.57 bits per heavy atom. The molecule has 30 heavy (non-hydrogen) atoms. The summed E-state index contributed by atoms with van der Waals surface area (Å²) in [7, 11) is 0. The lowest BCUT2D eigenvalue weighted by atomic mass is 10.0. The summed E-state index contributed by atoms with van der Waals surface area (Å²) in [6.07, 6.45) is -1.13. The predicted molar refractivity (Wildman–Crippen MR) is 104 cm³/mol. The molecule has 1 aromatic carbocycles. The minimum Gasteiger partial charge on any atom is -0.475 e. The van der Waals surface area contributed by atoms with Crippen molar-refractivity contribution in [2.45, 2.75) is 24.9 Å². The van der Waals surface area contributed by atoms with Crippen molar-refractivity contribution >= 4 is 29.0 Å². The van der Waals surface area contributed by atoms with Crippen molar-refractivity contribution in [2.75, 3.05) is 6.54 Å². The van der Waals surface area contributed by atoms with Crippen molar-refractivity contribution in [1.82, 2.24) is 14.7 Å². The summed E-state index contributed by atoms with van der Waals surface area (Å²) in [5.41, 5.74) is 3.48. The summed E-state index contributed by atoms with van der Waals surface area (Å²) in [4.78, 5) is 25.6. The minimum absolute atomic E-state index is 0.192. The van der Waals surface area contributed by atoms with E-state index in [-0.39, 0.29) is 5.91 Å². The number of halogens is 4. The second kappa shape index (κ2) is 8.74. The van der Waals surface area contributed by atoms with E-state index >= 15 is 0 Å². The maximum atomic E-state index is 12.5. The van der Waals surface area contributed by atoms with E-state index in [2.05, 4.69) is 34.6 Å². The van der Waals surface area contributed by atoms with Crippen LogP contribution >= 0.6 is 11.6 Å². The number of aryl methyl sites for hydroxylation is 1. The summed E-state index contributed by atoms with van der Waals surface area (Å²) in [5, 5.41) is 10.5. The van der Waals surface area contributed by atoms with Gasteiger partial charge in [0.15, 0.2) is 5.15 Å². The molecule has 2 aromatic heterocycles. The molecule has 0 saturated carbocycles. The number of hydrogen-bond donors (Lipinski definition) is 2. The van der Waals surface area contributed by atoms with Gasteiger partial charge >= 0.3 is 12.1 Å². The Morgan fingerprint density at radius 2 is 1.87 bits per heavy atom. The highest BCUT2D eigenvalue weighted by atomic mass is 35.5. The van der Waals surface area contributed by atoms with Gasteiger partial charge in [-0.15, -0.1) is 0 Å². The molecule has 0 bridgehead atoms. The smallest absolute Gasteiger partial charge is 0.475 e. The number of rotatable bonds is 3. The van der Waals surface area contributed by atoms with Gasteiger partial charge in [-0.2, -0.15) is 13.2 Å². The number of carbonyl (C=O) groups is 2. The lowest BCUT2D eigenvalue weighted by Crippen LogP contribution is -2.29. The number of alkyl halides is 3. The van der Waals surface area contributed by atoms with Gasteiger partial charge in [-0.3, -0.25) is 9.20 Å². The van der Waals surface area contributed by atoms with E-state index in [9.17, 15) is 18.0 Å². The van der Waals surface area contributed by atoms with E-state index in [0.29, 0.717) is 23.4 Å². The topological polar surface area (TPSA) is 83.7 Å². The number of aliphatic carboxylic acids is 1. The van der Waals surface area contributed by atoms with Crippen LogP contribution in [0.2, 0.25) is 5.15 Å². The molecule has 2 N–H and O–H groups in total. The molecule has 10 heteroatoms. The summed E-state index contributed by atoms with van der Waals surface area (Å²) < 4.78 is 33.5. The van der Waals surface area contributed by atoms with Gasteiger partial charge in [0.05, 0.1) is 5.52 Å². The van der Waals surface area contributed by atoms with Gasteiger partial charge in [-0.1, -0.05) is 41.9 Å². The Balaban J connectivity index is 0.000000318. The fraction of sp³-hybridized carbons (Fsp3) is 0.250. The molecule has 158 valence electrons. The molecule has 1 unspecified atom stereocenters. The van der Waals surface area contributed by atoms with Crippen LogP contribution in [0.1, 0.15) is 34.1 Å². The van der Waals surface area contributed by atoms with Gasteiger partial charge in [0.25, 0.3) is 5.91 Å². The van der Waals surface area contributed by atoms with Crippen molar-refractivity contribution in [2.24, 2.45) is 0 Å². The molecule has 0 saturated heterocycles. The number of fused-ring (bicyclic) bond motifs is 2. The normalized spacial score (nSPS) is 15.3. The molecule has 0 radical (unpaired) electrons. The van der Waals surface area contributed by atoms with Crippen LogP contribution in [-0.2, 0) is 11.2 Å². The molecule has 1 amide bonds. The average Bonchev–Trinajstić information content (AvgIpc) is 3.27. The second-order valence-electron chi connectivity index (χ2n) is 6.63. The lowest BCUT2D eigenvalue weighted by molar-refractivity contribution is -0.192. The van der Waals surface area contributed by atoms with Crippen LogP contribution in [0.15, 0.2) is 48.7 Å². The molecule has 3 aromatic rings. The number of benzene rings is 1. The first-order valence-electron chi connectivity index (χ1n) is 8.97. The first-order chi connectivity index (χ1) is 14.2.